The van der Waals surface area contributed by atoms with E-state index in [0.717, 1.165) is 23.1 Å². The van der Waals surface area contributed by atoms with Crippen molar-refractivity contribution in [3.63, 3.8) is 0 Å². The molecule has 1 aromatic heterocycles. The summed E-state index contributed by atoms with van der Waals surface area (Å²) in [7, 11) is 0. The number of carbonyl (C=O) groups excluding carboxylic acids is 3. The molecule has 0 spiro atoms. The highest BCUT2D eigenvalue weighted by molar-refractivity contribution is 8.01. The van der Waals surface area contributed by atoms with E-state index >= 15 is 0 Å². The summed E-state index contributed by atoms with van der Waals surface area (Å²) >= 11 is 8.20. The number of carboxylic acids is 1. The number of carbonyl (C=O) groups is 3. The van der Waals surface area contributed by atoms with Crippen LogP contribution in [0.15, 0.2) is 52.9 Å². The summed E-state index contributed by atoms with van der Waals surface area (Å²) < 4.78 is 0.461. The number of para-hydroxylation sites is 1. The molecule has 1 heterocycles. The standard InChI is InChI=1S/C18H13ClN4O4S2/c19-12-7-3-4-8-13(12)20-14(24)9-28-18-23-22-17(29-18)21-15(25)10-5-1-2-6-11(10)16(26)27/h1-8H,9H2,(H,20,24)(H,26,27)(H,21,22,25)/p-1. The van der Waals surface area contributed by atoms with E-state index in [1.165, 1.54) is 18.2 Å². The van der Waals surface area contributed by atoms with Crippen LogP contribution in [0.3, 0.4) is 0 Å². The number of carboxylic acid groups (broad SMARTS) is 1. The van der Waals surface area contributed by atoms with Gasteiger partial charge in [0.25, 0.3) is 5.91 Å². The van der Waals surface area contributed by atoms with Gasteiger partial charge in [-0.3, -0.25) is 14.9 Å². The molecule has 0 saturated carbocycles. The van der Waals surface area contributed by atoms with Crippen molar-refractivity contribution in [2.45, 2.75) is 4.34 Å². The Bertz CT molecular complexity index is 1070. The lowest BCUT2D eigenvalue weighted by molar-refractivity contribution is -0.255. The molecule has 0 aliphatic carbocycles. The van der Waals surface area contributed by atoms with Crippen LogP contribution in [-0.2, 0) is 4.79 Å². The zero-order chi connectivity index (χ0) is 20.8. The second-order valence-corrected chi connectivity index (χ2v) is 8.08. The van der Waals surface area contributed by atoms with Crippen LogP contribution in [0.25, 0.3) is 0 Å². The quantitative estimate of drug-likeness (QED) is 0.421. The Morgan fingerprint density at radius 2 is 1.69 bits per heavy atom. The lowest BCUT2D eigenvalue weighted by Gasteiger charge is -2.08. The molecule has 148 valence electrons. The molecule has 0 unspecified atom stereocenters. The van der Waals surface area contributed by atoms with Gasteiger partial charge in [-0.2, -0.15) is 0 Å². The molecule has 3 aromatic rings. The number of aromatic nitrogens is 2. The number of nitrogens with one attached hydrogen (secondary N) is 2. The number of benzene rings is 2. The Labute approximate surface area is 178 Å². The second kappa shape index (κ2) is 9.50. The minimum atomic E-state index is -1.45. The molecular weight excluding hydrogens is 436 g/mol. The fourth-order valence-electron chi connectivity index (χ4n) is 2.22. The third-order valence-electron chi connectivity index (χ3n) is 3.49. The van der Waals surface area contributed by atoms with Crippen LogP contribution in [-0.4, -0.2) is 33.7 Å². The Balaban J connectivity index is 1.57. The zero-order valence-electron chi connectivity index (χ0n) is 14.5. The normalized spacial score (nSPS) is 10.4. The number of hydrogen-bond donors (Lipinski definition) is 2. The van der Waals surface area contributed by atoms with E-state index in [2.05, 4.69) is 20.8 Å². The van der Waals surface area contributed by atoms with E-state index in [1.807, 2.05) is 0 Å². The number of rotatable bonds is 7. The van der Waals surface area contributed by atoms with E-state index in [9.17, 15) is 19.5 Å². The maximum atomic E-state index is 12.3. The van der Waals surface area contributed by atoms with Crippen LogP contribution in [0.4, 0.5) is 10.8 Å². The van der Waals surface area contributed by atoms with Gasteiger partial charge in [0.1, 0.15) is 0 Å². The summed E-state index contributed by atoms with van der Waals surface area (Å²) in [6.07, 6.45) is 0. The van der Waals surface area contributed by atoms with Gasteiger partial charge in [-0.25, -0.2) is 0 Å². The summed E-state index contributed by atoms with van der Waals surface area (Å²) in [5.41, 5.74) is 0.243. The summed E-state index contributed by atoms with van der Waals surface area (Å²) in [6, 6.07) is 12.6. The molecule has 0 aliphatic rings. The molecule has 2 amide bonds. The maximum Gasteiger partial charge on any atom is 0.258 e. The van der Waals surface area contributed by atoms with Crippen LogP contribution in [0.1, 0.15) is 20.7 Å². The molecule has 3 rings (SSSR count). The number of aromatic carboxylic acids is 1. The monoisotopic (exact) mass is 447 g/mol. The molecule has 0 fully saturated rings. The zero-order valence-corrected chi connectivity index (χ0v) is 16.9. The van der Waals surface area contributed by atoms with Gasteiger partial charge in [0.15, 0.2) is 4.34 Å². The first-order valence-electron chi connectivity index (χ1n) is 8.06. The SMILES string of the molecule is O=C(CSc1nnc(NC(=O)c2ccccc2C(=O)[O-])s1)Nc1ccccc1Cl. The summed E-state index contributed by atoms with van der Waals surface area (Å²) in [5.74, 6) is -2.30. The van der Waals surface area contributed by atoms with Gasteiger partial charge in [-0.05, 0) is 18.2 Å². The smallest absolute Gasteiger partial charge is 0.258 e. The molecule has 0 radical (unpaired) electrons. The van der Waals surface area contributed by atoms with Crippen molar-refractivity contribution >= 4 is 63.3 Å². The lowest BCUT2D eigenvalue weighted by atomic mass is 10.1. The second-order valence-electron chi connectivity index (χ2n) is 5.48. The number of halogens is 1. The number of thioether (sulfide) groups is 1. The molecule has 29 heavy (non-hydrogen) atoms. The molecule has 2 N–H and O–H groups in total. The predicted molar refractivity (Wildman–Crippen MR) is 109 cm³/mol. The Hall–Kier alpha value is -2.95. The van der Waals surface area contributed by atoms with Crippen LogP contribution >= 0.6 is 34.7 Å². The van der Waals surface area contributed by atoms with E-state index in [4.69, 9.17) is 11.6 Å². The van der Waals surface area contributed by atoms with Gasteiger partial charge in [0.05, 0.1) is 22.4 Å². The van der Waals surface area contributed by atoms with Crippen LogP contribution < -0.4 is 15.7 Å². The average molecular weight is 448 g/mol. The Morgan fingerprint density at radius 3 is 2.41 bits per heavy atom. The molecule has 0 aliphatic heterocycles. The van der Waals surface area contributed by atoms with Gasteiger partial charge < -0.3 is 15.2 Å². The third-order valence-corrected chi connectivity index (χ3v) is 5.79. The van der Waals surface area contributed by atoms with Gasteiger partial charge >= 0.3 is 0 Å². The Kier molecular flexibility index (Phi) is 6.81. The number of nitrogens with zero attached hydrogens (tertiary/aromatic N) is 2. The minimum absolute atomic E-state index is 0.0454. The first-order valence-corrected chi connectivity index (χ1v) is 10.2. The molecule has 11 heteroatoms. The average Bonchev–Trinajstić information content (AvgIpc) is 3.15. The minimum Gasteiger partial charge on any atom is -0.545 e. The molecule has 0 saturated heterocycles. The van der Waals surface area contributed by atoms with Crippen molar-refractivity contribution in [3.8, 4) is 0 Å². The highest BCUT2D eigenvalue weighted by atomic mass is 35.5. The molecule has 2 aromatic carbocycles. The van der Waals surface area contributed by atoms with Gasteiger partial charge in [-0.1, -0.05) is 65.0 Å². The lowest BCUT2D eigenvalue weighted by Crippen LogP contribution is -2.26. The van der Waals surface area contributed by atoms with Gasteiger partial charge in [0, 0.05) is 11.1 Å². The topological polar surface area (TPSA) is 124 Å². The predicted octanol–water partition coefficient (Wildman–Crippen LogP) is 2.54. The van der Waals surface area contributed by atoms with Crippen molar-refractivity contribution in [1.29, 1.82) is 0 Å². The fourth-order valence-corrected chi connectivity index (χ4v) is 3.95. The number of amides is 2. The van der Waals surface area contributed by atoms with Crippen molar-refractivity contribution in [2.75, 3.05) is 16.4 Å². The first-order chi connectivity index (χ1) is 13.9. The Morgan fingerprint density at radius 1 is 1.00 bits per heavy atom. The molecular formula is C18H12ClN4O4S2-. The van der Waals surface area contributed by atoms with Crippen molar-refractivity contribution in [1.82, 2.24) is 10.2 Å². The van der Waals surface area contributed by atoms with E-state index < -0.39 is 11.9 Å². The van der Waals surface area contributed by atoms with Crippen molar-refractivity contribution in [3.05, 3.63) is 64.7 Å². The van der Waals surface area contributed by atoms with Gasteiger partial charge in [0.2, 0.25) is 11.0 Å². The molecule has 0 atom stereocenters. The van der Waals surface area contributed by atoms with E-state index in [-0.39, 0.29) is 27.9 Å². The summed E-state index contributed by atoms with van der Waals surface area (Å²) in [6.45, 7) is 0. The van der Waals surface area contributed by atoms with Crippen LogP contribution in [0.2, 0.25) is 5.02 Å². The van der Waals surface area contributed by atoms with E-state index in [0.29, 0.717) is 15.0 Å². The van der Waals surface area contributed by atoms with Gasteiger partial charge in [-0.15, -0.1) is 10.2 Å². The number of hydrogen-bond acceptors (Lipinski definition) is 8. The molecule has 0 bridgehead atoms. The van der Waals surface area contributed by atoms with E-state index in [1.54, 1.807) is 30.3 Å². The van der Waals surface area contributed by atoms with Crippen LogP contribution in [0, 0.1) is 0 Å². The highest BCUT2D eigenvalue weighted by Gasteiger charge is 2.15. The third kappa shape index (κ3) is 5.53. The van der Waals surface area contributed by atoms with Crippen LogP contribution in [0.5, 0.6) is 0 Å². The maximum absolute atomic E-state index is 12.3. The molecule has 8 nitrogen and oxygen atoms in total. The number of anilines is 2. The first kappa shape index (κ1) is 20.8. The highest BCUT2D eigenvalue weighted by Crippen LogP contribution is 2.27. The van der Waals surface area contributed by atoms with Crippen molar-refractivity contribution < 1.29 is 19.5 Å². The summed E-state index contributed by atoms with van der Waals surface area (Å²) in [5, 5.41) is 24.6. The largest absolute Gasteiger partial charge is 0.545 e. The van der Waals surface area contributed by atoms with Crippen molar-refractivity contribution in [2.24, 2.45) is 0 Å². The fraction of sp³-hybridized carbons (Fsp3) is 0.0556. The summed E-state index contributed by atoms with van der Waals surface area (Å²) in [4.78, 5) is 35.5.